The highest BCUT2D eigenvalue weighted by atomic mass is 16.7. The van der Waals surface area contributed by atoms with Gasteiger partial charge in [-0.2, -0.15) is 0 Å². The van der Waals surface area contributed by atoms with Gasteiger partial charge in [0.25, 0.3) is 0 Å². The maximum atomic E-state index is 13.4. The molecule has 0 saturated heterocycles. The summed E-state index contributed by atoms with van der Waals surface area (Å²) >= 11 is 0. The first-order chi connectivity index (χ1) is 16.6. The molecule has 3 aromatic rings. The molecule has 0 saturated carbocycles. The highest BCUT2D eigenvalue weighted by molar-refractivity contribution is 5.85. The molecule has 0 aliphatic carbocycles. The molecule has 0 bridgehead atoms. The lowest BCUT2D eigenvalue weighted by Gasteiger charge is -2.27. The molecule has 0 fully saturated rings. The van der Waals surface area contributed by atoms with Gasteiger partial charge in [-0.1, -0.05) is 42.5 Å². The van der Waals surface area contributed by atoms with Crippen LogP contribution in [0.3, 0.4) is 0 Å². The molecule has 2 aromatic carbocycles. The molecule has 7 heteroatoms. The topological polar surface area (TPSA) is 72.2 Å². The second-order valence-corrected chi connectivity index (χ2v) is 8.07. The van der Waals surface area contributed by atoms with Crippen molar-refractivity contribution in [2.45, 2.75) is 25.9 Å². The standard InChI is InChI=1S/C27H28N2O5/c1-2-14-28(26(30)13-11-21-7-4-3-5-8-21)19-27(31)29(18-23-9-6-15-32-23)17-22-10-12-24-25(16-22)34-20-33-24/h2-10,12,15-16H,1,11,13-14,17-20H2. The second kappa shape index (κ2) is 11.2. The maximum absolute atomic E-state index is 13.4. The fourth-order valence-corrected chi connectivity index (χ4v) is 3.81. The summed E-state index contributed by atoms with van der Waals surface area (Å²) in [5.41, 5.74) is 1.98. The normalized spacial score (nSPS) is 11.8. The number of amides is 2. The molecule has 0 N–H and O–H groups in total. The van der Waals surface area contributed by atoms with Gasteiger partial charge in [-0.3, -0.25) is 9.59 Å². The van der Waals surface area contributed by atoms with Crippen molar-refractivity contribution in [1.82, 2.24) is 9.80 Å². The first-order valence-corrected chi connectivity index (χ1v) is 11.2. The Morgan fingerprint density at radius 1 is 0.882 bits per heavy atom. The van der Waals surface area contributed by atoms with Crippen LogP contribution in [0, 0.1) is 0 Å². The summed E-state index contributed by atoms with van der Waals surface area (Å²) in [5.74, 6) is 1.75. The van der Waals surface area contributed by atoms with Crippen molar-refractivity contribution in [2.75, 3.05) is 19.9 Å². The second-order valence-electron chi connectivity index (χ2n) is 8.07. The van der Waals surface area contributed by atoms with Crippen LogP contribution >= 0.6 is 0 Å². The number of carbonyl (C=O) groups is 2. The van der Waals surface area contributed by atoms with Crippen LogP contribution in [0.25, 0.3) is 0 Å². The first kappa shape index (κ1) is 23.2. The first-order valence-electron chi connectivity index (χ1n) is 11.2. The van der Waals surface area contributed by atoms with Crippen molar-refractivity contribution in [3.63, 3.8) is 0 Å². The van der Waals surface area contributed by atoms with Crippen LogP contribution < -0.4 is 9.47 Å². The predicted molar refractivity (Wildman–Crippen MR) is 127 cm³/mol. The zero-order chi connectivity index (χ0) is 23.8. The van der Waals surface area contributed by atoms with Gasteiger partial charge in [0.05, 0.1) is 12.8 Å². The van der Waals surface area contributed by atoms with Gasteiger partial charge in [0.1, 0.15) is 12.3 Å². The molecule has 34 heavy (non-hydrogen) atoms. The molecular weight excluding hydrogens is 432 g/mol. The van der Waals surface area contributed by atoms with E-state index < -0.39 is 0 Å². The van der Waals surface area contributed by atoms with Gasteiger partial charge in [-0.25, -0.2) is 0 Å². The molecule has 7 nitrogen and oxygen atoms in total. The predicted octanol–water partition coefficient (Wildman–Crippen LogP) is 4.18. The van der Waals surface area contributed by atoms with Crippen molar-refractivity contribution in [1.29, 1.82) is 0 Å². The minimum atomic E-state index is -0.177. The van der Waals surface area contributed by atoms with Gasteiger partial charge in [-0.05, 0) is 41.8 Å². The maximum Gasteiger partial charge on any atom is 0.242 e. The molecule has 1 aliphatic heterocycles. The van der Waals surface area contributed by atoms with Crippen molar-refractivity contribution < 1.29 is 23.5 Å². The van der Waals surface area contributed by atoms with Crippen molar-refractivity contribution in [2.24, 2.45) is 0 Å². The van der Waals surface area contributed by atoms with Crippen molar-refractivity contribution >= 4 is 11.8 Å². The van der Waals surface area contributed by atoms with E-state index in [1.165, 1.54) is 0 Å². The number of ether oxygens (including phenoxy) is 2. The minimum absolute atomic E-state index is 0.0368. The summed E-state index contributed by atoms with van der Waals surface area (Å²) < 4.78 is 16.3. The molecule has 0 unspecified atom stereocenters. The number of benzene rings is 2. The van der Waals surface area contributed by atoms with Gasteiger partial charge in [0.2, 0.25) is 18.6 Å². The Labute approximate surface area is 199 Å². The molecule has 0 atom stereocenters. The average molecular weight is 461 g/mol. The Morgan fingerprint density at radius 2 is 1.71 bits per heavy atom. The number of fused-ring (bicyclic) bond motifs is 1. The van der Waals surface area contributed by atoms with E-state index in [1.807, 2.05) is 54.6 Å². The van der Waals surface area contributed by atoms with E-state index in [1.54, 1.807) is 28.2 Å². The molecule has 0 radical (unpaired) electrons. The highest BCUT2D eigenvalue weighted by Gasteiger charge is 2.23. The molecule has 176 valence electrons. The van der Waals surface area contributed by atoms with Crippen LogP contribution in [0.2, 0.25) is 0 Å². The summed E-state index contributed by atoms with van der Waals surface area (Å²) in [6.07, 6.45) is 4.17. The molecule has 0 spiro atoms. The van der Waals surface area contributed by atoms with E-state index in [4.69, 9.17) is 13.9 Å². The van der Waals surface area contributed by atoms with Gasteiger partial charge in [0, 0.05) is 19.5 Å². The Kier molecular flexibility index (Phi) is 7.65. The van der Waals surface area contributed by atoms with E-state index in [-0.39, 0.29) is 25.2 Å². The zero-order valence-electron chi connectivity index (χ0n) is 19.0. The summed E-state index contributed by atoms with van der Waals surface area (Å²) in [6, 6.07) is 19.1. The molecule has 1 aliphatic rings. The van der Waals surface area contributed by atoms with E-state index in [9.17, 15) is 9.59 Å². The van der Waals surface area contributed by atoms with Gasteiger partial charge < -0.3 is 23.7 Å². The quantitative estimate of drug-likeness (QED) is 0.402. The Bertz CT molecular complexity index is 1110. The number of aryl methyl sites for hydroxylation is 1. The monoisotopic (exact) mass is 460 g/mol. The van der Waals surface area contributed by atoms with Crippen LogP contribution in [-0.4, -0.2) is 41.5 Å². The molecule has 1 aromatic heterocycles. The van der Waals surface area contributed by atoms with Gasteiger partial charge >= 0.3 is 0 Å². The SMILES string of the molecule is C=CCN(CC(=O)N(Cc1ccc2c(c1)OCO2)Cc1ccco1)C(=O)CCc1ccccc1. The van der Waals surface area contributed by atoms with Gasteiger partial charge in [0.15, 0.2) is 11.5 Å². The van der Waals surface area contributed by atoms with Crippen molar-refractivity contribution in [3.8, 4) is 11.5 Å². The molecule has 2 heterocycles. The highest BCUT2D eigenvalue weighted by Crippen LogP contribution is 2.33. The Morgan fingerprint density at radius 3 is 2.47 bits per heavy atom. The fourth-order valence-electron chi connectivity index (χ4n) is 3.81. The van der Waals surface area contributed by atoms with E-state index >= 15 is 0 Å². The summed E-state index contributed by atoms with van der Waals surface area (Å²) in [4.78, 5) is 29.5. The molecular formula is C27H28N2O5. The number of nitrogens with zero attached hydrogens (tertiary/aromatic N) is 2. The van der Waals surface area contributed by atoms with Crippen LogP contribution in [0.1, 0.15) is 23.3 Å². The van der Waals surface area contributed by atoms with E-state index in [0.29, 0.717) is 49.7 Å². The largest absolute Gasteiger partial charge is 0.467 e. The van der Waals surface area contributed by atoms with Gasteiger partial charge in [-0.15, -0.1) is 6.58 Å². The molecule has 4 rings (SSSR count). The lowest BCUT2D eigenvalue weighted by Crippen LogP contribution is -2.42. The van der Waals surface area contributed by atoms with Crippen LogP contribution in [0.4, 0.5) is 0 Å². The Hall–Kier alpha value is -4.00. The zero-order valence-corrected chi connectivity index (χ0v) is 19.0. The number of furan rings is 1. The smallest absolute Gasteiger partial charge is 0.242 e. The average Bonchev–Trinajstić information content (AvgIpc) is 3.54. The number of hydrogen-bond acceptors (Lipinski definition) is 5. The summed E-state index contributed by atoms with van der Waals surface area (Å²) in [5, 5.41) is 0. The number of rotatable bonds is 11. The minimum Gasteiger partial charge on any atom is -0.467 e. The van der Waals surface area contributed by atoms with E-state index in [2.05, 4.69) is 6.58 Å². The van der Waals surface area contributed by atoms with Crippen LogP contribution in [-0.2, 0) is 29.1 Å². The lowest BCUT2D eigenvalue weighted by molar-refractivity contribution is -0.141. The van der Waals surface area contributed by atoms with Crippen LogP contribution in [0.15, 0.2) is 84.0 Å². The Balaban J connectivity index is 1.44. The summed E-state index contributed by atoms with van der Waals surface area (Å²) in [6.45, 7) is 4.85. The number of hydrogen-bond donors (Lipinski definition) is 0. The molecule has 2 amide bonds. The number of carbonyl (C=O) groups excluding carboxylic acids is 2. The third-order valence-electron chi connectivity index (χ3n) is 5.59. The third-order valence-corrected chi connectivity index (χ3v) is 5.59. The summed E-state index contributed by atoms with van der Waals surface area (Å²) in [7, 11) is 0. The van der Waals surface area contributed by atoms with Crippen LogP contribution in [0.5, 0.6) is 11.5 Å². The lowest BCUT2D eigenvalue weighted by atomic mass is 10.1. The fraction of sp³-hybridized carbons (Fsp3) is 0.259. The van der Waals surface area contributed by atoms with Crippen molar-refractivity contribution in [3.05, 3.63) is 96.5 Å². The van der Waals surface area contributed by atoms with E-state index in [0.717, 1.165) is 11.1 Å². The third kappa shape index (κ3) is 6.07.